The Morgan fingerprint density at radius 3 is 2.96 bits per heavy atom. The molecule has 0 saturated carbocycles. The van der Waals surface area contributed by atoms with Gasteiger partial charge < -0.3 is 19.5 Å². The van der Waals surface area contributed by atoms with Gasteiger partial charge in [0.25, 0.3) is 0 Å². The van der Waals surface area contributed by atoms with Crippen LogP contribution in [0.1, 0.15) is 31.5 Å². The molecule has 2 fully saturated rings. The highest BCUT2D eigenvalue weighted by Crippen LogP contribution is 2.38. The molecule has 7 nitrogen and oxygen atoms in total. The molecule has 3 heterocycles. The summed E-state index contributed by atoms with van der Waals surface area (Å²) < 4.78 is 10.7. The van der Waals surface area contributed by atoms with E-state index in [1.165, 1.54) is 12.8 Å². The maximum atomic E-state index is 5.60. The third-order valence-corrected chi connectivity index (χ3v) is 4.41. The maximum absolute atomic E-state index is 5.60. The molecule has 1 spiro atoms. The van der Waals surface area contributed by atoms with E-state index in [9.17, 15) is 0 Å². The number of aliphatic imine (C=N–C) groups is 1. The van der Waals surface area contributed by atoms with Gasteiger partial charge in [0.1, 0.15) is 0 Å². The Labute approximate surface area is 154 Å². The van der Waals surface area contributed by atoms with E-state index in [0.717, 1.165) is 38.8 Å². The molecule has 3 rings (SSSR count). The van der Waals surface area contributed by atoms with Crippen molar-refractivity contribution in [1.82, 2.24) is 20.4 Å². The van der Waals surface area contributed by atoms with Gasteiger partial charge in [-0.15, -0.1) is 24.0 Å². The molecular weight excluding hydrogens is 409 g/mol. The molecule has 1 unspecified atom stereocenters. The second-order valence-corrected chi connectivity index (χ2v) is 6.20. The van der Waals surface area contributed by atoms with Gasteiger partial charge in [-0.3, -0.25) is 4.99 Å². The van der Waals surface area contributed by atoms with Gasteiger partial charge in [0, 0.05) is 38.1 Å². The molecule has 1 aromatic rings. The van der Waals surface area contributed by atoms with Crippen LogP contribution in [-0.2, 0) is 11.2 Å². The van der Waals surface area contributed by atoms with Crippen LogP contribution in [0, 0.1) is 12.3 Å². The molecule has 130 valence electrons. The molecule has 2 saturated heterocycles. The minimum Gasteiger partial charge on any atom is -0.381 e. The van der Waals surface area contributed by atoms with Crippen LogP contribution in [0.4, 0.5) is 0 Å². The first-order valence-corrected chi connectivity index (χ1v) is 8.11. The van der Waals surface area contributed by atoms with Crippen LogP contribution < -0.4 is 5.32 Å². The van der Waals surface area contributed by atoms with Crippen molar-refractivity contribution >= 4 is 29.9 Å². The van der Waals surface area contributed by atoms with Crippen molar-refractivity contribution in [2.45, 2.75) is 33.1 Å². The van der Waals surface area contributed by atoms with Gasteiger partial charge in [-0.05, 0) is 26.7 Å². The average Bonchev–Trinajstić information content (AvgIpc) is 3.22. The predicted molar refractivity (Wildman–Crippen MR) is 98.2 cm³/mol. The highest BCUT2D eigenvalue weighted by molar-refractivity contribution is 14.0. The summed E-state index contributed by atoms with van der Waals surface area (Å²) in [5, 5.41) is 7.19. The van der Waals surface area contributed by atoms with Gasteiger partial charge in [0.2, 0.25) is 5.89 Å². The number of ether oxygens (including phenoxy) is 1. The second kappa shape index (κ2) is 8.27. The lowest BCUT2D eigenvalue weighted by Crippen LogP contribution is -2.41. The van der Waals surface area contributed by atoms with Crippen LogP contribution in [0.25, 0.3) is 0 Å². The standard InChI is InChI=1S/C15H25N5O2.HI/c1-3-16-14(17-7-4-13-18-12(2)19-22-13)20-8-5-15(10-20)6-9-21-11-15;/h3-11H2,1-2H3,(H,16,17);1H. The van der Waals surface area contributed by atoms with Gasteiger partial charge in [0.05, 0.1) is 13.2 Å². The molecule has 0 amide bonds. The molecule has 0 bridgehead atoms. The van der Waals surface area contributed by atoms with E-state index in [0.29, 0.717) is 30.1 Å². The van der Waals surface area contributed by atoms with E-state index in [1.54, 1.807) is 0 Å². The quantitative estimate of drug-likeness (QED) is 0.440. The average molecular weight is 435 g/mol. The van der Waals surface area contributed by atoms with Crippen molar-refractivity contribution < 1.29 is 9.26 Å². The van der Waals surface area contributed by atoms with Crippen molar-refractivity contribution in [2.75, 3.05) is 39.4 Å². The summed E-state index contributed by atoms with van der Waals surface area (Å²) in [6, 6.07) is 0. The zero-order valence-electron chi connectivity index (χ0n) is 13.9. The number of aryl methyl sites for hydroxylation is 1. The van der Waals surface area contributed by atoms with E-state index in [-0.39, 0.29) is 24.0 Å². The molecule has 2 aliphatic rings. The monoisotopic (exact) mass is 435 g/mol. The smallest absolute Gasteiger partial charge is 0.228 e. The fraction of sp³-hybridized carbons (Fsp3) is 0.800. The van der Waals surface area contributed by atoms with Crippen LogP contribution in [0.15, 0.2) is 9.52 Å². The van der Waals surface area contributed by atoms with E-state index in [1.807, 2.05) is 6.92 Å². The Hall–Kier alpha value is -0.900. The van der Waals surface area contributed by atoms with Gasteiger partial charge in [-0.1, -0.05) is 5.16 Å². The highest BCUT2D eigenvalue weighted by atomic mass is 127. The number of hydrogen-bond acceptors (Lipinski definition) is 5. The largest absolute Gasteiger partial charge is 0.381 e. The SMILES string of the molecule is CCNC(=NCCc1nc(C)no1)N1CCC2(CCOC2)C1.I. The molecule has 0 aliphatic carbocycles. The van der Waals surface area contributed by atoms with Crippen molar-refractivity contribution in [3.8, 4) is 0 Å². The van der Waals surface area contributed by atoms with Crippen LogP contribution in [0.5, 0.6) is 0 Å². The Kier molecular flexibility index (Phi) is 6.63. The Bertz CT molecular complexity index is 528. The topological polar surface area (TPSA) is 75.8 Å². The zero-order valence-corrected chi connectivity index (χ0v) is 16.2. The highest BCUT2D eigenvalue weighted by Gasteiger charge is 2.42. The fourth-order valence-electron chi connectivity index (χ4n) is 3.21. The molecule has 1 atom stereocenters. The van der Waals surface area contributed by atoms with E-state index >= 15 is 0 Å². The Morgan fingerprint density at radius 1 is 1.43 bits per heavy atom. The summed E-state index contributed by atoms with van der Waals surface area (Å²) in [5.41, 5.74) is 0.347. The number of rotatable bonds is 4. The first-order chi connectivity index (χ1) is 10.7. The van der Waals surface area contributed by atoms with Gasteiger partial charge in [-0.25, -0.2) is 0 Å². The third kappa shape index (κ3) is 4.56. The minimum absolute atomic E-state index is 0. The van der Waals surface area contributed by atoms with Crippen molar-refractivity contribution in [1.29, 1.82) is 0 Å². The normalized spacial score (nSPS) is 24.3. The number of halogens is 1. The van der Waals surface area contributed by atoms with Crippen LogP contribution >= 0.6 is 24.0 Å². The summed E-state index contributed by atoms with van der Waals surface area (Å²) in [5.74, 6) is 2.32. The molecule has 1 N–H and O–H groups in total. The number of nitrogens with zero attached hydrogens (tertiary/aromatic N) is 4. The first kappa shape index (κ1) is 18.4. The molecule has 1 aromatic heterocycles. The van der Waals surface area contributed by atoms with Gasteiger partial charge in [-0.2, -0.15) is 4.98 Å². The maximum Gasteiger partial charge on any atom is 0.228 e. The Balaban J connectivity index is 0.00000192. The lowest BCUT2D eigenvalue weighted by Gasteiger charge is -2.24. The first-order valence-electron chi connectivity index (χ1n) is 8.11. The van der Waals surface area contributed by atoms with Crippen LogP contribution in [0.3, 0.4) is 0 Å². The molecule has 8 heteroatoms. The lowest BCUT2D eigenvalue weighted by molar-refractivity contribution is 0.156. The number of nitrogens with one attached hydrogen (secondary N) is 1. The summed E-state index contributed by atoms with van der Waals surface area (Å²) >= 11 is 0. The van der Waals surface area contributed by atoms with E-state index in [4.69, 9.17) is 14.3 Å². The molecular formula is C15H26IN5O2. The molecule has 23 heavy (non-hydrogen) atoms. The summed E-state index contributed by atoms with van der Waals surface area (Å²) in [6.45, 7) is 9.34. The van der Waals surface area contributed by atoms with Crippen LogP contribution in [0.2, 0.25) is 0 Å². The second-order valence-electron chi connectivity index (χ2n) is 6.20. The van der Waals surface area contributed by atoms with Gasteiger partial charge in [0.15, 0.2) is 11.8 Å². The molecule has 0 radical (unpaired) electrons. The third-order valence-electron chi connectivity index (χ3n) is 4.41. The summed E-state index contributed by atoms with van der Waals surface area (Å²) in [6.07, 6.45) is 3.04. The molecule has 0 aromatic carbocycles. The Morgan fingerprint density at radius 2 is 2.30 bits per heavy atom. The minimum atomic E-state index is 0. The number of likely N-dealkylation sites (tertiary alicyclic amines) is 1. The number of guanidine groups is 1. The van der Waals surface area contributed by atoms with Crippen molar-refractivity contribution in [2.24, 2.45) is 10.4 Å². The zero-order chi connectivity index (χ0) is 15.4. The van der Waals surface area contributed by atoms with Gasteiger partial charge >= 0.3 is 0 Å². The van der Waals surface area contributed by atoms with E-state index < -0.39 is 0 Å². The fourth-order valence-corrected chi connectivity index (χ4v) is 3.21. The number of aromatic nitrogens is 2. The van der Waals surface area contributed by atoms with Crippen molar-refractivity contribution in [3.05, 3.63) is 11.7 Å². The van der Waals surface area contributed by atoms with E-state index in [2.05, 4.69) is 27.3 Å². The van der Waals surface area contributed by atoms with Crippen LogP contribution in [-0.4, -0.2) is 60.4 Å². The summed E-state index contributed by atoms with van der Waals surface area (Å²) in [4.78, 5) is 11.3. The number of hydrogen-bond donors (Lipinski definition) is 1. The summed E-state index contributed by atoms with van der Waals surface area (Å²) in [7, 11) is 0. The predicted octanol–water partition coefficient (Wildman–Crippen LogP) is 1.62. The molecule has 2 aliphatic heterocycles. The van der Waals surface area contributed by atoms with Crippen molar-refractivity contribution in [3.63, 3.8) is 0 Å². The lowest BCUT2D eigenvalue weighted by atomic mass is 9.87.